The van der Waals surface area contributed by atoms with Gasteiger partial charge in [0.2, 0.25) is 0 Å². The van der Waals surface area contributed by atoms with Gasteiger partial charge in [0.15, 0.2) is 0 Å². The molecule has 0 N–H and O–H groups in total. The van der Waals surface area contributed by atoms with Crippen molar-refractivity contribution in [2.75, 3.05) is 11.4 Å². The Labute approximate surface area is 137 Å². The monoisotopic (exact) mass is 335 g/mol. The summed E-state index contributed by atoms with van der Waals surface area (Å²) >= 11 is 0. The number of anilines is 1. The summed E-state index contributed by atoms with van der Waals surface area (Å²) in [5.41, 5.74) is 0.0783. The van der Waals surface area contributed by atoms with E-state index in [0.29, 0.717) is 18.0 Å². The summed E-state index contributed by atoms with van der Waals surface area (Å²) in [5, 5.41) is 0. The lowest BCUT2D eigenvalue weighted by atomic mass is 10.1. The lowest BCUT2D eigenvalue weighted by Crippen LogP contribution is -2.43. The Morgan fingerprint density at radius 3 is 2.46 bits per heavy atom. The number of nitrogens with zero attached hydrogens (tertiary/aromatic N) is 1. The summed E-state index contributed by atoms with van der Waals surface area (Å²) < 4.78 is 43.8. The van der Waals surface area contributed by atoms with Crippen LogP contribution in [0, 0.1) is 0 Å². The average molecular weight is 335 g/mol. The van der Waals surface area contributed by atoms with Crippen LogP contribution in [-0.2, 0) is 6.18 Å². The van der Waals surface area contributed by atoms with Crippen molar-refractivity contribution < 1.29 is 22.7 Å². The molecule has 126 valence electrons. The number of benzene rings is 2. The molecule has 0 saturated carbocycles. The van der Waals surface area contributed by atoms with Crippen molar-refractivity contribution in [3.63, 3.8) is 0 Å². The van der Waals surface area contributed by atoms with E-state index in [2.05, 4.69) is 0 Å². The molecule has 0 spiro atoms. The Morgan fingerprint density at radius 1 is 1.17 bits per heavy atom. The number of para-hydroxylation sites is 2. The summed E-state index contributed by atoms with van der Waals surface area (Å²) in [6.07, 6.45) is -3.83. The highest BCUT2D eigenvalue weighted by Crippen LogP contribution is 2.35. The molecule has 0 fully saturated rings. The Bertz CT molecular complexity index is 741. The zero-order valence-corrected chi connectivity index (χ0v) is 13.0. The number of alkyl halides is 3. The van der Waals surface area contributed by atoms with Gasteiger partial charge in [-0.15, -0.1) is 0 Å². The summed E-state index contributed by atoms with van der Waals surface area (Å²) in [6, 6.07) is 11.4. The molecule has 0 aliphatic carbocycles. The fraction of sp³-hybridized carbons (Fsp3) is 0.278. The molecule has 2 aromatic rings. The Balaban J connectivity index is 1.92. The van der Waals surface area contributed by atoms with E-state index in [1.54, 1.807) is 23.1 Å². The number of fused-ring (bicyclic) bond motifs is 1. The van der Waals surface area contributed by atoms with Crippen LogP contribution in [0.2, 0.25) is 0 Å². The Kier molecular flexibility index (Phi) is 4.22. The van der Waals surface area contributed by atoms with Gasteiger partial charge in [-0.05, 0) is 42.8 Å². The van der Waals surface area contributed by atoms with Gasteiger partial charge in [-0.3, -0.25) is 4.79 Å². The maximum atomic E-state index is 12.8. The van der Waals surface area contributed by atoms with Crippen molar-refractivity contribution >= 4 is 11.6 Å². The molecule has 1 atom stereocenters. The van der Waals surface area contributed by atoms with E-state index >= 15 is 0 Å². The van der Waals surface area contributed by atoms with Crippen LogP contribution in [0.1, 0.15) is 29.3 Å². The van der Waals surface area contributed by atoms with Crippen LogP contribution >= 0.6 is 0 Å². The van der Waals surface area contributed by atoms with E-state index in [0.717, 1.165) is 18.6 Å². The Morgan fingerprint density at radius 2 is 1.83 bits per heavy atom. The molecule has 2 aromatic carbocycles. The molecule has 1 aliphatic rings. The van der Waals surface area contributed by atoms with Crippen molar-refractivity contribution in [1.82, 2.24) is 0 Å². The Hall–Kier alpha value is -2.50. The van der Waals surface area contributed by atoms with Crippen LogP contribution in [0.5, 0.6) is 5.75 Å². The van der Waals surface area contributed by atoms with Gasteiger partial charge < -0.3 is 9.64 Å². The maximum Gasteiger partial charge on any atom is 0.416 e. The van der Waals surface area contributed by atoms with Gasteiger partial charge in [0.1, 0.15) is 11.9 Å². The first-order valence-corrected chi connectivity index (χ1v) is 7.65. The van der Waals surface area contributed by atoms with Crippen LogP contribution in [-0.4, -0.2) is 18.6 Å². The number of rotatable bonds is 2. The van der Waals surface area contributed by atoms with Crippen molar-refractivity contribution in [2.24, 2.45) is 0 Å². The number of halogens is 3. The summed E-state index contributed by atoms with van der Waals surface area (Å²) in [5.74, 6) is 0.272. The van der Waals surface area contributed by atoms with E-state index in [-0.39, 0.29) is 17.6 Å². The predicted molar refractivity (Wildman–Crippen MR) is 84.3 cm³/mol. The maximum absolute atomic E-state index is 12.8. The fourth-order valence-corrected chi connectivity index (χ4v) is 2.66. The molecule has 0 radical (unpaired) electrons. The van der Waals surface area contributed by atoms with Crippen LogP contribution in [0.25, 0.3) is 0 Å². The van der Waals surface area contributed by atoms with Gasteiger partial charge >= 0.3 is 6.18 Å². The number of hydrogen-bond acceptors (Lipinski definition) is 2. The molecule has 3 nitrogen and oxygen atoms in total. The molecule has 1 heterocycles. The molecule has 0 saturated heterocycles. The average Bonchev–Trinajstić information content (AvgIpc) is 2.59. The minimum atomic E-state index is -4.42. The van der Waals surface area contributed by atoms with E-state index in [9.17, 15) is 18.0 Å². The van der Waals surface area contributed by atoms with E-state index < -0.39 is 11.7 Å². The topological polar surface area (TPSA) is 29.5 Å². The summed E-state index contributed by atoms with van der Waals surface area (Å²) in [4.78, 5) is 14.3. The standard InChI is InChI=1S/C18H16F3NO2/c1-2-14-11-22(15-5-3-4-6-16(15)24-14)17(23)12-7-9-13(10-8-12)18(19,20)21/h3-10,14H,2,11H2,1H3. The van der Waals surface area contributed by atoms with E-state index in [1.807, 2.05) is 13.0 Å². The highest BCUT2D eigenvalue weighted by molar-refractivity contribution is 6.07. The largest absolute Gasteiger partial charge is 0.486 e. The van der Waals surface area contributed by atoms with Crippen LogP contribution < -0.4 is 9.64 Å². The van der Waals surface area contributed by atoms with Crippen molar-refractivity contribution in [1.29, 1.82) is 0 Å². The van der Waals surface area contributed by atoms with Crippen molar-refractivity contribution in [3.8, 4) is 5.75 Å². The van der Waals surface area contributed by atoms with Gasteiger partial charge in [0.25, 0.3) is 5.91 Å². The van der Waals surface area contributed by atoms with Crippen LogP contribution in [0.15, 0.2) is 48.5 Å². The van der Waals surface area contributed by atoms with E-state index in [1.165, 1.54) is 12.1 Å². The number of carbonyl (C=O) groups excluding carboxylic acids is 1. The van der Waals surface area contributed by atoms with Gasteiger partial charge in [-0.1, -0.05) is 19.1 Å². The first kappa shape index (κ1) is 16.4. The minimum Gasteiger partial charge on any atom is -0.486 e. The molecule has 1 amide bonds. The minimum absolute atomic E-state index is 0.140. The second kappa shape index (κ2) is 6.19. The van der Waals surface area contributed by atoms with Crippen molar-refractivity contribution in [3.05, 3.63) is 59.7 Å². The fourth-order valence-electron chi connectivity index (χ4n) is 2.66. The number of hydrogen-bond donors (Lipinski definition) is 0. The molecule has 24 heavy (non-hydrogen) atoms. The summed E-state index contributed by atoms with van der Waals surface area (Å²) in [6.45, 7) is 2.33. The number of amides is 1. The van der Waals surface area contributed by atoms with Gasteiger partial charge in [-0.25, -0.2) is 0 Å². The smallest absolute Gasteiger partial charge is 0.416 e. The molecular formula is C18H16F3NO2. The normalized spacial score (nSPS) is 17.2. The molecule has 6 heteroatoms. The molecule has 3 rings (SSSR count). The lowest BCUT2D eigenvalue weighted by Gasteiger charge is -2.34. The van der Waals surface area contributed by atoms with Gasteiger partial charge in [0, 0.05) is 5.56 Å². The number of carbonyl (C=O) groups is 1. The zero-order chi connectivity index (χ0) is 17.3. The highest BCUT2D eigenvalue weighted by atomic mass is 19.4. The van der Waals surface area contributed by atoms with Gasteiger partial charge in [0.05, 0.1) is 17.8 Å². The zero-order valence-electron chi connectivity index (χ0n) is 13.0. The number of ether oxygens (including phenoxy) is 1. The second-order valence-electron chi connectivity index (χ2n) is 5.61. The first-order valence-electron chi connectivity index (χ1n) is 7.65. The molecule has 0 aromatic heterocycles. The van der Waals surface area contributed by atoms with E-state index in [4.69, 9.17) is 4.74 Å². The van der Waals surface area contributed by atoms with Crippen LogP contribution in [0.4, 0.5) is 18.9 Å². The molecule has 0 bridgehead atoms. The first-order chi connectivity index (χ1) is 11.4. The summed E-state index contributed by atoms with van der Waals surface area (Å²) in [7, 11) is 0. The molecule has 1 aliphatic heterocycles. The second-order valence-corrected chi connectivity index (χ2v) is 5.61. The van der Waals surface area contributed by atoms with Crippen molar-refractivity contribution in [2.45, 2.75) is 25.6 Å². The third-order valence-electron chi connectivity index (χ3n) is 4.00. The quantitative estimate of drug-likeness (QED) is 0.807. The third kappa shape index (κ3) is 3.09. The SMILES string of the molecule is CCC1CN(C(=O)c2ccc(C(F)(F)F)cc2)c2ccccc2O1. The van der Waals surface area contributed by atoms with Gasteiger partial charge in [-0.2, -0.15) is 13.2 Å². The molecule has 1 unspecified atom stereocenters. The molecular weight excluding hydrogens is 319 g/mol. The van der Waals surface area contributed by atoms with Crippen LogP contribution in [0.3, 0.4) is 0 Å². The highest BCUT2D eigenvalue weighted by Gasteiger charge is 2.32. The third-order valence-corrected chi connectivity index (χ3v) is 4.00. The predicted octanol–water partition coefficient (Wildman–Crippen LogP) is 4.52. The lowest BCUT2D eigenvalue weighted by molar-refractivity contribution is -0.137.